The largest absolute Gasteiger partial charge is 0.507 e. The summed E-state index contributed by atoms with van der Waals surface area (Å²) in [5, 5.41) is 39.5. The fraction of sp³-hybridized carbons (Fsp3) is 0.417. The fourth-order valence-corrected chi connectivity index (χ4v) is 5.82. The number of nitrogens with one attached hydrogen (secondary N) is 1. The third kappa shape index (κ3) is 5.25. The Morgan fingerprint density at radius 1 is 1.17 bits per heavy atom. The molecule has 0 bridgehead atoms. The first-order valence-electron chi connectivity index (χ1n) is 13.0. The topological polar surface area (TPSA) is 243 Å². The molecule has 17 nitrogen and oxygen atoms in total. The normalized spacial score (nSPS) is 23.1. The molecule has 222 valence electrons. The molecule has 1 amide bonds. The molecule has 42 heavy (non-hydrogen) atoms. The van der Waals surface area contributed by atoms with Crippen molar-refractivity contribution in [1.29, 1.82) is 0 Å². The second kappa shape index (κ2) is 10.9. The lowest BCUT2D eigenvalue weighted by molar-refractivity contribution is -0.0468. The maximum absolute atomic E-state index is 12.4. The number of para-hydroxylation sites is 1. The third-order valence-corrected chi connectivity index (χ3v) is 8.17. The van der Waals surface area contributed by atoms with Crippen molar-refractivity contribution in [1.82, 2.24) is 39.2 Å². The van der Waals surface area contributed by atoms with Crippen LogP contribution in [0.1, 0.15) is 53.9 Å². The van der Waals surface area contributed by atoms with Gasteiger partial charge in [0.05, 0.1) is 30.4 Å². The van der Waals surface area contributed by atoms with Crippen LogP contribution in [-0.4, -0.2) is 89.1 Å². The number of carbonyl (C=O) groups excluding carboxylic acids is 1. The summed E-state index contributed by atoms with van der Waals surface area (Å²) >= 11 is 0. The second-order valence-corrected chi connectivity index (χ2v) is 11.4. The van der Waals surface area contributed by atoms with E-state index in [-0.39, 0.29) is 28.5 Å². The number of aromatic hydroxyl groups is 1. The molecule has 6 N–H and O–H groups in total. The summed E-state index contributed by atoms with van der Waals surface area (Å²) in [6.07, 6.45) is 1.63. The number of nitrogens with zero attached hydrogens (tertiary/aromatic N) is 7. The van der Waals surface area contributed by atoms with E-state index in [2.05, 4.69) is 25.3 Å². The van der Waals surface area contributed by atoms with Gasteiger partial charge in [-0.25, -0.2) is 9.71 Å². The van der Waals surface area contributed by atoms with E-state index in [4.69, 9.17) is 14.7 Å². The predicted molar refractivity (Wildman–Crippen MR) is 142 cm³/mol. The van der Waals surface area contributed by atoms with Crippen LogP contribution in [0.15, 0.2) is 36.8 Å². The molecule has 0 unspecified atom stereocenters. The van der Waals surface area contributed by atoms with Gasteiger partial charge in [-0.05, 0) is 25.0 Å². The lowest BCUT2D eigenvalue weighted by atomic mass is 10.1. The summed E-state index contributed by atoms with van der Waals surface area (Å²) in [6.45, 7) is -0.754. The Hall–Kier alpha value is -4.23. The minimum absolute atomic E-state index is 0.0332. The Morgan fingerprint density at radius 3 is 2.69 bits per heavy atom. The number of fused-ring (bicyclic) bond motifs is 1. The number of benzene rings is 1. The van der Waals surface area contributed by atoms with Gasteiger partial charge in [-0.15, -0.1) is 5.10 Å². The molecule has 18 heteroatoms. The Balaban J connectivity index is 1.18. The van der Waals surface area contributed by atoms with E-state index in [9.17, 15) is 28.5 Å². The molecular formula is C24H27N9O8S. The maximum atomic E-state index is 12.4. The minimum atomic E-state index is -4.68. The second-order valence-electron chi connectivity index (χ2n) is 10.0. The maximum Gasteiger partial charge on any atom is 0.362 e. The standard InChI is InChI=1S/C24H27N9O8S/c25-20-17-21(28-24(27-20)33-9-14(29-31-33)12-5-1-2-6-12)32(11-26-17)23-19(36)18(35)16(41-23)10-40-42(38,39)30-22(37)13-7-3-4-8-15(13)34/h3-4,7-9,11-12,16,18-19,23,34-36H,1-2,5-6,10H2,(H,30,37)(H2,25,27,28)/t16-,18-,19-,23-/m1/s1. The Labute approximate surface area is 238 Å². The highest BCUT2D eigenvalue weighted by Gasteiger charge is 2.45. The van der Waals surface area contributed by atoms with Crippen LogP contribution < -0.4 is 10.5 Å². The number of hydrogen-bond acceptors (Lipinski definition) is 14. The van der Waals surface area contributed by atoms with Crippen LogP contribution in [0.25, 0.3) is 17.1 Å². The molecule has 1 aliphatic heterocycles. The summed E-state index contributed by atoms with van der Waals surface area (Å²) in [4.78, 5) is 25.2. The molecule has 1 saturated carbocycles. The highest BCUT2D eigenvalue weighted by Crippen LogP contribution is 2.34. The third-order valence-electron chi connectivity index (χ3n) is 7.29. The van der Waals surface area contributed by atoms with Gasteiger partial charge in [0.25, 0.3) is 11.9 Å². The van der Waals surface area contributed by atoms with Crippen molar-refractivity contribution in [2.75, 3.05) is 12.3 Å². The monoisotopic (exact) mass is 601 g/mol. The summed E-state index contributed by atoms with van der Waals surface area (Å²) < 4.78 is 39.7. The zero-order chi connectivity index (χ0) is 29.6. The number of rotatable bonds is 8. The number of nitrogen functional groups attached to an aromatic ring is 1. The van der Waals surface area contributed by atoms with E-state index < -0.39 is 53.1 Å². The van der Waals surface area contributed by atoms with Crippen molar-refractivity contribution in [3.63, 3.8) is 0 Å². The van der Waals surface area contributed by atoms with E-state index in [0.717, 1.165) is 31.4 Å². The molecule has 0 radical (unpaired) electrons. The van der Waals surface area contributed by atoms with E-state index in [0.29, 0.717) is 5.92 Å². The van der Waals surface area contributed by atoms with Crippen molar-refractivity contribution in [3.05, 3.63) is 48.0 Å². The van der Waals surface area contributed by atoms with Crippen LogP contribution in [-0.2, 0) is 19.2 Å². The van der Waals surface area contributed by atoms with Crippen molar-refractivity contribution in [2.24, 2.45) is 0 Å². The molecule has 1 aromatic carbocycles. The lowest BCUT2D eigenvalue weighted by Gasteiger charge is -2.16. The average molecular weight is 602 g/mol. The zero-order valence-electron chi connectivity index (χ0n) is 21.9. The first kappa shape index (κ1) is 27.9. The van der Waals surface area contributed by atoms with Crippen LogP contribution in [0.2, 0.25) is 0 Å². The van der Waals surface area contributed by atoms with Crippen LogP contribution in [0, 0.1) is 0 Å². The number of carbonyl (C=O) groups is 1. The van der Waals surface area contributed by atoms with Crippen molar-refractivity contribution >= 4 is 33.2 Å². The van der Waals surface area contributed by atoms with Gasteiger partial charge in [-0.3, -0.25) is 13.5 Å². The van der Waals surface area contributed by atoms with Crippen LogP contribution in [0.5, 0.6) is 5.75 Å². The average Bonchev–Trinajstić information content (AvgIpc) is 3.76. The number of aliphatic hydroxyl groups excluding tert-OH is 2. The summed E-state index contributed by atoms with van der Waals surface area (Å²) in [7, 11) is -4.68. The van der Waals surface area contributed by atoms with Gasteiger partial charge in [0, 0.05) is 5.92 Å². The Bertz CT molecular complexity index is 1740. The van der Waals surface area contributed by atoms with E-state index in [1.807, 2.05) is 0 Å². The number of aliphatic hydroxyl groups is 2. The molecule has 2 aliphatic rings. The molecule has 4 atom stereocenters. The number of phenolic OH excluding ortho intramolecular Hbond substituents is 1. The number of imidazole rings is 1. The number of nitrogens with two attached hydrogens (primary N) is 1. The molecule has 6 rings (SSSR count). The van der Waals surface area contributed by atoms with Gasteiger partial charge in [0.2, 0.25) is 0 Å². The van der Waals surface area contributed by atoms with Crippen molar-refractivity contribution in [3.8, 4) is 11.7 Å². The number of hydrogen-bond donors (Lipinski definition) is 5. The molecule has 0 spiro atoms. The van der Waals surface area contributed by atoms with Gasteiger partial charge in [0.1, 0.15) is 29.6 Å². The number of ether oxygens (including phenoxy) is 1. The van der Waals surface area contributed by atoms with E-state index in [1.54, 1.807) is 10.9 Å². The number of amides is 1. The van der Waals surface area contributed by atoms with E-state index >= 15 is 0 Å². The molecule has 4 aromatic rings. The smallest absolute Gasteiger partial charge is 0.362 e. The van der Waals surface area contributed by atoms with Crippen molar-refractivity contribution < 1.29 is 37.5 Å². The van der Waals surface area contributed by atoms with Crippen molar-refractivity contribution in [2.45, 2.75) is 56.1 Å². The molecule has 3 aromatic heterocycles. The van der Waals surface area contributed by atoms with Gasteiger partial charge in [0.15, 0.2) is 17.7 Å². The quantitative estimate of drug-likeness (QED) is 0.174. The first-order valence-corrected chi connectivity index (χ1v) is 14.5. The lowest BCUT2D eigenvalue weighted by Crippen LogP contribution is -2.37. The zero-order valence-corrected chi connectivity index (χ0v) is 22.7. The van der Waals surface area contributed by atoms with Crippen LogP contribution in [0.4, 0.5) is 5.82 Å². The van der Waals surface area contributed by atoms with Crippen LogP contribution in [0.3, 0.4) is 0 Å². The summed E-state index contributed by atoms with van der Waals surface area (Å²) in [5.74, 6) is -1.09. The minimum Gasteiger partial charge on any atom is -0.507 e. The fourth-order valence-electron chi connectivity index (χ4n) is 5.12. The molecule has 1 saturated heterocycles. The highest BCUT2D eigenvalue weighted by atomic mass is 32.2. The molecule has 1 aliphatic carbocycles. The Morgan fingerprint density at radius 2 is 1.93 bits per heavy atom. The SMILES string of the molecule is Nc1nc(-n2cc(C3CCCC3)nn2)nc2c1ncn2[C@@H]1O[C@H](COS(=O)(=O)NC(=O)c2ccccc2O)[C@@H](O)[C@H]1O. The Kier molecular flexibility index (Phi) is 7.23. The van der Waals surface area contributed by atoms with Crippen LogP contribution >= 0.6 is 0 Å². The molecule has 2 fully saturated rings. The predicted octanol–water partition coefficient (Wildman–Crippen LogP) is -0.337. The summed E-state index contributed by atoms with van der Waals surface area (Å²) in [5.41, 5.74) is 7.04. The highest BCUT2D eigenvalue weighted by molar-refractivity contribution is 7.85. The summed E-state index contributed by atoms with van der Waals surface area (Å²) in [6, 6.07) is 5.34. The number of anilines is 1. The molecular weight excluding hydrogens is 574 g/mol. The van der Waals surface area contributed by atoms with Gasteiger partial charge in [-0.1, -0.05) is 30.2 Å². The molecule has 4 heterocycles. The van der Waals surface area contributed by atoms with Gasteiger partial charge < -0.3 is 25.8 Å². The van der Waals surface area contributed by atoms with E-state index in [1.165, 1.54) is 39.8 Å². The first-order chi connectivity index (χ1) is 20.1. The van der Waals surface area contributed by atoms with Gasteiger partial charge >= 0.3 is 10.3 Å². The van der Waals surface area contributed by atoms with Gasteiger partial charge in [-0.2, -0.15) is 23.1 Å². The number of phenols is 1. The number of aromatic nitrogens is 7.